The van der Waals surface area contributed by atoms with E-state index in [-0.39, 0.29) is 11.9 Å². The van der Waals surface area contributed by atoms with Crippen molar-refractivity contribution < 1.29 is 18.8 Å². The molecule has 32 heavy (non-hydrogen) atoms. The van der Waals surface area contributed by atoms with E-state index >= 15 is 0 Å². The zero-order valence-corrected chi connectivity index (χ0v) is 19.3. The smallest absolute Gasteiger partial charge is 0.246 e. The Hall–Kier alpha value is -2.57. The van der Waals surface area contributed by atoms with Gasteiger partial charge in [0.25, 0.3) is 0 Å². The van der Waals surface area contributed by atoms with Crippen LogP contribution in [0.5, 0.6) is 11.5 Å². The van der Waals surface area contributed by atoms with Crippen molar-refractivity contribution in [1.29, 1.82) is 0 Å². The molecule has 0 spiro atoms. The van der Waals surface area contributed by atoms with E-state index in [9.17, 15) is 4.79 Å². The van der Waals surface area contributed by atoms with E-state index in [4.69, 9.17) is 14.0 Å². The van der Waals surface area contributed by atoms with E-state index in [0.717, 1.165) is 18.4 Å². The predicted molar refractivity (Wildman–Crippen MR) is 121 cm³/mol. The summed E-state index contributed by atoms with van der Waals surface area (Å²) in [5.41, 5.74) is 0.787. The van der Waals surface area contributed by atoms with Gasteiger partial charge in [-0.05, 0) is 49.8 Å². The average molecular weight is 442 g/mol. The molecule has 1 aromatic carbocycles. The Morgan fingerprint density at radius 1 is 1.00 bits per heavy atom. The standard InChI is InChI=1S/C25H35N3O4/c1-30-21-14-13-19(16-22(21)31-2)25-26-23(32-27-25)17-28(20-11-7-4-8-12-20)24(29)15-18-9-5-3-6-10-18/h13-14,16,18,20H,3-12,15,17H2,1-2H3. The summed E-state index contributed by atoms with van der Waals surface area (Å²) in [6.07, 6.45) is 12.5. The quantitative estimate of drug-likeness (QED) is 0.547. The first-order chi connectivity index (χ1) is 15.7. The number of carbonyl (C=O) groups excluding carboxylic acids is 1. The van der Waals surface area contributed by atoms with Gasteiger partial charge in [-0.3, -0.25) is 4.79 Å². The van der Waals surface area contributed by atoms with Crippen LogP contribution in [0.25, 0.3) is 11.4 Å². The summed E-state index contributed by atoms with van der Waals surface area (Å²) in [5.74, 6) is 3.00. The van der Waals surface area contributed by atoms with Gasteiger partial charge in [0.05, 0.1) is 14.2 Å². The molecule has 2 aliphatic rings. The van der Waals surface area contributed by atoms with E-state index in [0.29, 0.717) is 42.1 Å². The summed E-state index contributed by atoms with van der Waals surface area (Å²) in [4.78, 5) is 20.0. The van der Waals surface area contributed by atoms with Gasteiger partial charge in [-0.2, -0.15) is 4.98 Å². The van der Waals surface area contributed by atoms with Gasteiger partial charge in [0.15, 0.2) is 11.5 Å². The molecule has 2 saturated carbocycles. The van der Waals surface area contributed by atoms with Crippen molar-refractivity contribution in [3.63, 3.8) is 0 Å². The van der Waals surface area contributed by atoms with Crippen molar-refractivity contribution in [2.75, 3.05) is 14.2 Å². The van der Waals surface area contributed by atoms with Gasteiger partial charge in [-0.25, -0.2) is 0 Å². The Kier molecular flexibility index (Phi) is 7.66. The van der Waals surface area contributed by atoms with Crippen LogP contribution in [0.4, 0.5) is 0 Å². The molecule has 2 aromatic rings. The lowest BCUT2D eigenvalue weighted by molar-refractivity contribution is -0.136. The molecule has 174 valence electrons. The fourth-order valence-electron chi connectivity index (χ4n) is 5.13. The van der Waals surface area contributed by atoms with Crippen molar-refractivity contribution in [3.05, 3.63) is 24.1 Å². The molecule has 1 heterocycles. The third-order valence-electron chi connectivity index (χ3n) is 6.94. The molecule has 1 aromatic heterocycles. The number of nitrogens with zero attached hydrogens (tertiary/aromatic N) is 3. The Bertz CT molecular complexity index is 885. The highest BCUT2D eigenvalue weighted by atomic mass is 16.5. The van der Waals surface area contributed by atoms with Gasteiger partial charge >= 0.3 is 0 Å². The highest BCUT2D eigenvalue weighted by Gasteiger charge is 2.29. The molecular weight excluding hydrogens is 406 g/mol. The number of aromatic nitrogens is 2. The van der Waals surface area contributed by atoms with Gasteiger partial charge in [-0.1, -0.05) is 43.7 Å². The molecule has 2 fully saturated rings. The van der Waals surface area contributed by atoms with Crippen LogP contribution in [0.15, 0.2) is 22.7 Å². The second kappa shape index (κ2) is 10.8. The lowest BCUT2D eigenvalue weighted by atomic mass is 9.86. The highest BCUT2D eigenvalue weighted by Crippen LogP contribution is 2.32. The van der Waals surface area contributed by atoms with Gasteiger partial charge in [0.2, 0.25) is 17.6 Å². The minimum absolute atomic E-state index is 0.245. The SMILES string of the molecule is COc1ccc(-c2noc(CN(C(=O)CC3CCCCC3)C3CCCCC3)n2)cc1OC. The number of carbonyl (C=O) groups is 1. The molecule has 1 amide bonds. The summed E-state index contributed by atoms with van der Waals surface area (Å²) in [6.45, 7) is 0.385. The summed E-state index contributed by atoms with van der Waals surface area (Å²) < 4.78 is 16.3. The number of amides is 1. The molecule has 2 aliphatic carbocycles. The fraction of sp³-hybridized carbons (Fsp3) is 0.640. The lowest BCUT2D eigenvalue weighted by Gasteiger charge is -2.35. The van der Waals surface area contributed by atoms with Gasteiger partial charge in [0.1, 0.15) is 6.54 Å². The van der Waals surface area contributed by atoms with E-state index in [1.807, 2.05) is 23.1 Å². The number of hydrogen-bond donors (Lipinski definition) is 0. The van der Waals surface area contributed by atoms with E-state index in [1.54, 1.807) is 14.2 Å². The largest absolute Gasteiger partial charge is 0.493 e. The van der Waals surface area contributed by atoms with Gasteiger partial charge < -0.3 is 18.9 Å². The number of benzene rings is 1. The topological polar surface area (TPSA) is 77.7 Å². The summed E-state index contributed by atoms with van der Waals surface area (Å²) in [6, 6.07) is 5.81. The van der Waals surface area contributed by atoms with E-state index in [1.165, 1.54) is 51.4 Å². The van der Waals surface area contributed by atoms with Crippen LogP contribution in [0.1, 0.15) is 76.5 Å². The van der Waals surface area contributed by atoms with Crippen molar-refractivity contribution in [2.24, 2.45) is 5.92 Å². The molecule has 7 nitrogen and oxygen atoms in total. The summed E-state index contributed by atoms with van der Waals surface area (Å²) in [5, 5.41) is 4.17. The molecule has 7 heteroatoms. The maximum Gasteiger partial charge on any atom is 0.246 e. The average Bonchev–Trinajstić information content (AvgIpc) is 3.32. The molecule has 0 saturated heterocycles. The summed E-state index contributed by atoms with van der Waals surface area (Å²) in [7, 11) is 3.21. The number of methoxy groups -OCH3 is 2. The molecule has 0 atom stereocenters. The Balaban J connectivity index is 1.49. The minimum atomic E-state index is 0.245. The van der Waals surface area contributed by atoms with E-state index < -0.39 is 0 Å². The van der Waals surface area contributed by atoms with Crippen molar-refractivity contribution in [1.82, 2.24) is 15.0 Å². The summed E-state index contributed by atoms with van der Waals surface area (Å²) >= 11 is 0. The monoisotopic (exact) mass is 441 g/mol. The van der Waals surface area contributed by atoms with Gasteiger partial charge in [-0.15, -0.1) is 0 Å². The Morgan fingerprint density at radius 3 is 2.38 bits per heavy atom. The number of ether oxygens (including phenoxy) is 2. The van der Waals surface area contributed by atoms with Crippen LogP contribution in [0, 0.1) is 5.92 Å². The normalized spacial score (nSPS) is 17.8. The van der Waals surface area contributed by atoms with E-state index in [2.05, 4.69) is 10.1 Å². The first-order valence-electron chi connectivity index (χ1n) is 12.0. The molecular formula is C25H35N3O4. The molecule has 0 aliphatic heterocycles. The second-order valence-corrected chi connectivity index (χ2v) is 9.10. The van der Waals surface area contributed by atoms with Crippen LogP contribution in [-0.4, -0.2) is 41.2 Å². The van der Waals surface area contributed by atoms with Crippen LogP contribution in [0.2, 0.25) is 0 Å². The highest BCUT2D eigenvalue weighted by molar-refractivity contribution is 5.76. The molecule has 4 rings (SSSR count). The van der Waals surface area contributed by atoms with Crippen LogP contribution in [-0.2, 0) is 11.3 Å². The minimum Gasteiger partial charge on any atom is -0.493 e. The number of hydrogen-bond acceptors (Lipinski definition) is 6. The zero-order chi connectivity index (χ0) is 22.3. The maximum atomic E-state index is 13.4. The van der Waals surface area contributed by atoms with Crippen molar-refractivity contribution >= 4 is 5.91 Å². The lowest BCUT2D eigenvalue weighted by Crippen LogP contribution is -2.41. The van der Waals surface area contributed by atoms with Crippen LogP contribution < -0.4 is 9.47 Å². The predicted octanol–water partition coefficient (Wildman–Crippen LogP) is 5.39. The number of rotatable bonds is 8. The van der Waals surface area contributed by atoms with Gasteiger partial charge in [0, 0.05) is 18.0 Å². The van der Waals surface area contributed by atoms with Crippen molar-refractivity contribution in [2.45, 2.75) is 83.2 Å². The first kappa shape index (κ1) is 22.6. The second-order valence-electron chi connectivity index (χ2n) is 9.10. The maximum absolute atomic E-state index is 13.4. The Labute approximate surface area is 190 Å². The molecule has 0 bridgehead atoms. The molecule has 0 unspecified atom stereocenters. The first-order valence-corrected chi connectivity index (χ1v) is 12.0. The van der Waals surface area contributed by atoms with Crippen LogP contribution >= 0.6 is 0 Å². The van der Waals surface area contributed by atoms with Crippen LogP contribution in [0.3, 0.4) is 0 Å². The molecule has 0 radical (unpaired) electrons. The third-order valence-corrected chi connectivity index (χ3v) is 6.94. The van der Waals surface area contributed by atoms with Crippen molar-refractivity contribution in [3.8, 4) is 22.9 Å². The Morgan fingerprint density at radius 2 is 1.69 bits per heavy atom. The zero-order valence-electron chi connectivity index (χ0n) is 19.3. The fourth-order valence-corrected chi connectivity index (χ4v) is 5.13. The molecule has 0 N–H and O–H groups in total. The third kappa shape index (κ3) is 5.43.